The summed E-state index contributed by atoms with van der Waals surface area (Å²) in [5.41, 5.74) is 0. The van der Waals surface area contributed by atoms with Crippen LogP contribution < -0.4 is 5.32 Å². The number of allylic oxidation sites excluding steroid dienone is 2. The average molecular weight is 961 g/mol. The van der Waals surface area contributed by atoms with Crippen molar-refractivity contribution in [2.45, 2.75) is 360 Å². The SMILES string of the molecule is CCCCCCC/C=C\CCCCCCCC(=O)OCCCCCCCCCCCCCCCCCCCCCCCCCC(=O)NC(CO)C(O)CCCCCCCCCCCCCCCC. The second-order valence-electron chi connectivity index (χ2n) is 21.4. The summed E-state index contributed by atoms with van der Waals surface area (Å²) in [7, 11) is 0. The van der Waals surface area contributed by atoms with E-state index in [0.29, 0.717) is 25.9 Å². The predicted octanol–water partition coefficient (Wildman–Crippen LogP) is 19.2. The van der Waals surface area contributed by atoms with E-state index in [9.17, 15) is 19.8 Å². The van der Waals surface area contributed by atoms with E-state index in [1.165, 1.54) is 270 Å². The second kappa shape index (κ2) is 58.2. The Bertz CT molecular complexity index is 1020. The first-order chi connectivity index (χ1) is 33.5. The average Bonchev–Trinajstić information content (AvgIpc) is 3.34. The van der Waals surface area contributed by atoms with Gasteiger partial charge in [0, 0.05) is 12.8 Å². The Balaban J connectivity index is 3.36. The number of ether oxygens (including phenoxy) is 1. The molecule has 404 valence electrons. The number of hydrogen-bond donors (Lipinski definition) is 3. The van der Waals surface area contributed by atoms with Gasteiger partial charge in [-0.3, -0.25) is 9.59 Å². The van der Waals surface area contributed by atoms with Crippen molar-refractivity contribution in [2.75, 3.05) is 13.2 Å². The first kappa shape index (κ1) is 66.6. The molecule has 0 rings (SSSR count). The van der Waals surface area contributed by atoms with E-state index < -0.39 is 12.1 Å². The number of carbonyl (C=O) groups excluding carboxylic acids is 2. The van der Waals surface area contributed by atoms with Crippen molar-refractivity contribution in [2.24, 2.45) is 0 Å². The van der Waals surface area contributed by atoms with Gasteiger partial charge in [-0.25, -0.2) is 0 Å². The molecule has 2 unspecified atom stereocenters. The van der Waals surface area contributed by atoms with Crippen LogP contribution in [0.5, 0.6) is 0 Å². The molecule has 0 aliphatic heterocycles. The van der Waals surface area contributed by atoms with Crippen molar-refractivity contribution in [1.82, 2.24) is 5.32 Å². The molecule has 0 saturated heterocycles. The van der Waals surface area contributed by atoms with Gasteiger partial charge in [-0.1, -0.05) is 296 Å². The number of amides is 1. The van der Waals surface area contributed by atoms with Crippen LogP contribution in [0.2, 0.25) is 0 Å². The third-order valence-electron chi connectivity index (χ3n) is 14.6. The zero-order valence-corrected chi connectivity index (χ0v) is 46.1. The minimum Gasteiger partial charge on any atom is -0.466 e. The summed E-state index contributed by atoms with van der Waals surface area (Å²) in [5.74, 6) is -0.0260. The van der Waals surface area contributed by atoms with Crippen molar-refractivity contribution in [3.8, 4) is 0 Å². The van der Waals surface area contributed by atoms with Crippen LogP contribution in [-0.2, 0) is 14.3 Å². The summed E-state index contributed by atoms with van der Waals surface area (Å²) in [5, 5.41) is 23.3. The summed E-state index contributed by atoms with van der Waals surface area (Å²) >= 11 is 0. The highest BCUT2D eigenvalue weighted by Gasteiger charge is 2.20. The first-order valence-corrected chi connectivity index (χ1v) is 30.9. The fourth-order valence-corrected chi connectivity index (χ4v) is 9.81. The molecule has 0 heterocycles. The van der Waals surface area contributed by atoms with Gasteiger partial charge < -0.3 is 20.3 Å². The molecule has 68 heavy (non-hydrogen) atoms. The van der Waals surface area contributed by atoms with Crippen LogP contribution in [0.4, 0.5) is 0 Å². The maximum absolute atomic E-state index is 12.5. The monoisotopic (exact) mass is 960 g/mol. The maximum atomic E-state index is 12.5. The molecule has 0 spiro atoms. The number of nitrogens with one attached hydrogen (secondary N) is 1. The number of aliphatic hydroxyl groups is 2. The van der Waals surface area contributed by atoms with Gasteiger partial charge in [-0.05, 0) is 51.4 Å². The van der Waals surface area contributed by atoms with E-state index in [2.05, 4.69) is 31.3 Å². The standard InChI is InChI=1S/C62H121NO5/c1-3-5-7-9-11-13-15-17-30-34-38-42-46-50-54-60(65)59(58-64)63-61(66)55-51-47-43-39-35-31-28-26-24-22-20-19-21-23-25-27-29-33-37-41-45-49-53-57-68-62(67)56-52-48-44-40-36-32-18-16-14-12-10-8-6-4-2/h16,18,59-60,64-65H,3-15,17,19-58H2,1-2H3,(H,63,66)/b18-16-. The highest BCUT2D eigenvalue weighted by atomic mass is 16.5. The van der Waals surface area contributed by atoms with Crippen molar-refractivity contribution < 1.29 is 24.5 Å². The molecule has 1 amide bonds. The summed E-state index contributed by atoms with van der Waals surface area (Å²) in [6.07, 6.45) is 69.3. The summed E-state index contributed by atoms with van der Waals surface area (Å²) in [6, 6.07) is -0.540. The van der Waals surface area contributed by atoms with Gasteiger partial charge in [-0.15, -0.1) is 0 Å². The number of aliphatic hydroxyl groups excluding tert-OH is 2. The normalized spacial score (nSPS) is 12.6. The van der Waals surface area contributed by atoms with E-state index >= 15 is 0 Å². The van der Waals surface area contributed by atoms with Crippen LogP contribution in [0.25, 0.3) is 0 Å². The van der Waals surface area contributed by atoms with E-state index in [-0.39, 0.29) is 18.5 Å². The summed E-state index contributed by atoms with van der Waals surface area (Å²) < 4.78 is 5.48. The minimum absolute atomic E-state index is 0.00648. The Morgan fingerprint density at radius 3 is 1.04 bits per heavy atom. The largest absolute Gasteiger partial charge is 0.466 e. The molecule has 6 heteroatoms. The Labute approximate surface area is 425 Å². The van der Waals surface area contributed by atoms with Gasteiger partial charge >= 0.3 is 5.97 Å². The molecule has 0 bridgehead atoms. The van der Waals surface area contributed by atoms with Crippen molar-refractivity contribution in [3.05, 3.63) is 12.2 Å². The smallest absolute Gasteiger partial charge is 0.305 e. The predicted molar refractivity (Wildman–Crippen MR) is 297 cm³/mol. The number of carbonyl (C=O) groups is 2. The van der Waals surface area contributed by atoms with Crippen LogP contribution in [0.3, 0.4) is 0 Å². The number of rotatable bonds is 58. The quantitative estimate of drug-likeness (QED) is 0.0321. The molecule has 0 aromatic carbocycles. The molecule has 0 aliphatic carbocycles. The summed E-state index contributed by atoms with van der Waals surface area (Å²) in [6.45, 7) is 4.96. The third-order valence-corrected chi connectivity index (χ3v) is 14.6. The molecule has 0 radical (unpaired) electrons. The van der Waals surface area contributed by atoms with Gasteiger partial charge in [0.1, 0.15) is 0 Å². The lowest BCUT2D eigenvalue weighted by atomic mass is 10.0. The van der Waals surface area contributed by atoms with Crippen molar-refractivity contribution in [3.63, 3.8) is 0 Å². The van der Waals surface area contributed by atoms with Crippen molar-refractivity contribution in [1.29, 1.82) is 0 Å². The number of hydrogen-bond acceptors (Lipinski definition) is 5. The Kier molecular flexibility index (Phi) is 57.0. The molecular weight excluding hydrogens is 839 g/mol. The first-order valence-electron chi connectivity index (χ1n) is 30.9. The highest BCUT2D eigenvalue weighted by Crippen LogP contribution is 2.18. The number of esters is 1. The summed E-state index contributed by atoms with van der Waals surface area (Å²) in [4.78, 5) is 24.5. The lowest BCUT2D eigenvalue weighted by molar-refractivity contribution is -0.143. The molecule has 0 fully saturated rings. The van der Waals surface area contributed by atoms with E-state index in [1.807, 2.05) is 0 Å². The van der Waals surface area contributed by atoms with Crippen LogP contribution in [0.1, 0.15) is 348 Å². The molecule has 6 nitrogen and oxygen atoms in total. The molecule has 0 aromatic heterocycles. The Hall–Kier alpha value is -1.40. The zero-order chi connectivity index (χ0) is 49.3. The lowest BCUT2D eigenvalue weighted by Crippen LogP contribution is -2.45. The van der Waals surface area contributed by atoms with Crippen LogP contribution >= 0.6 is 0 Å². The third kappa shape index (κ3) is 53.9. The topological polar surface area (TPSA) is 95.9 Å². The van der Waals surface area contributed by atoms with E-state index in [0.717, 1.165) is 44.9 Å². The molecular formula is C62H121NO5. The lowest BCUT2D eigenvalue weighted by Gasteiger charge is -2.22. The Morgan fingerprint density at radius 1 is 0.397 bits per heavy atom. The Morgan fingerprint density at radius 2 is 0.691 bits per heavy atom. The van der Waals surface area contributed by atoms with Crippen LogP contribution in [0.15, 0.2) is 12.2 Å². The van der Waals surface area contributed by atoms with E-state index in [4.69, 9.17) is 4.74 Å². The second-order valence-corrected chi connectivity index (χ2v) is 21.4. The van der Waals surface area contributed by atoms with Gasteiger partial charge in [0.25, 0.3) is 0 Å². The fourth-order valence-electron chi connectivity index (χ4n) is 9.81. The van der Waals surface area contributed by atoms with E-state index in [1.54, 1.807) is 0 Å². The van der Waals surface area contributed by atoms with Gasteiger partial charge in [0.05, 0.1) is 25.4 Å². The van der Waals surface area contributed by atoms with Gasteiger partial charge in [-0.2, -0.15) is 0 Å². The van der Waals surface area contributed by atoms with Crippen molar-refractivity contribution >= 4 is 11.9 Å². The highest BCUT2D eigenvalue weighted by molar-refractivity contribution is 5.76. The molecule has 2 atom stereocenters. The minimum atomic E-state index is -0.663. The van der Waals surface area contributed by atoms with Gasteiger partial charge in [0.15, 0.2) is 0 Å². The number of unbranched alkanes of at least 4 members (excludes halogenated alkanes) is 45. The van der Waals surface area contributed by atoms with Crippen LogP contribution in [0, 0.1) is 0 Å². The molecule has 0 aromatic rings. The maximum Gasteiger partial charge on any atom is 0.305 e. The molecule has 3 N–H and O–H groups in total. The van der Waals surface area contributed by atoms with Crippen LogP contribution in [-0.4, -0.2) is 47.4 Å². The zero-order valence-electron chi connectivity index (χ0n) is 46.1. The molecule has 0 saturated carbocycles. The molecule has 0 aliphatic rings. The fraction of sp³-hybridized carbons (Fsp3) is 0.935. The van der Waals surface area contributed by atoms with Gasteiger partial charge in [0.2, 0.25) is 5.91 Å².